The van der Waals surface area contributed by atoms with Crippen molar-refractivity contribution in [3.05, 3.63) is 47.1 Å². The Balaban J connectivity index is 1.40. The summed E-state index contributed by atoms with van der Waals surface area (Å²) in [6.45, 7) is 7.19. The number of nitrogens with zero attached hydrogens (tertiary/aromatic N) is 4. The van der Waals surface area contributed by atoms with E-state index in [1.165, 1.54) is 10.4 Å². The normalized spacial score (nSPS) is 14.6. The highest BCUT2D eigenvalue weighted by molar-refractivity contribution is 7.18. The van der Waals surface area contributed by atoms with Crippen molar-refractivity contribution in [2.75, 3.05) is 37.7 Å². The van der Waals surface area contributed by atoms with E-state index in [2.05, 4.69) is 28.7 Å². The Bertz CT molecular complexity index is 949. The van der Waals surface area contributed by atoms with E-state index in [1.54, 1.807) is 17.7 Å². The molecule has 0 aliphatic carbocycles. The number of piperazine rings is 1. The number of benzene rings is 1. The zero-order valence-corrected chi connectivity index (χ0v) is 16.3. The summed E-state index contributed by atoms with van der Waals surface area (Å²) >= 11 is 1.71. The molecule has 6 nitrogen and oxygen atoms in total. The number of ether oxygens (including phenoxy) is 1. The van der Waals surface area contributed by atoms with Gasteiger partial charge in [0.05, 0.1) is 5.39 Å². The molecule has 0 saturated carbocycles. The van der Waals surface area contributed by atoms with Gasteiger partial charge in [-0.1, -0.05) is 18.2 Å². The molecule has 0 spiro atoms. The third-order valence-corrected chi connectivity index (χ3v) is 6.10. The SMILES string of the molecule is Cc1sc2ncnc(N3CCN(C(=O)COc4ccccc4)CC3)c2c1C. The van der Waals surface area contributed by atoms with E-state index in [0.29, 0.717) is 13.1 Å². The average Bonchev–Trinajstić information content (AvgIpc) is 3.01. The fraction of sp³-hybridized carbons (Fsp3) is 0.350. The van der Waals surface area contributed by atoms with Crippen molar-refractivity contribution < 1.29 is 9.53 Å². The van der Waals surface area contributed by atoms with Gasteiger partial charge >= 0.3 is 0 Å². The van der Waals surface area contributed by atoms with Crippen LogP contribution in [0.4, 0.5) is 5.82 Å². The molecule has 1 aliphatic heterocycles. The molecule has 1 aromatic carbocycles. The second kappa shape index (κ2) is 7.52. The van der Waals surface area contributed by atoms with Crippen molar-refractivity contribution in [1.29, 1.82) is 0 Å². The van der Waals surface area contributed by atoms with Crippen molar-refractivity contribution in [3.8, 4) is 5.75 Å². The van der Waals surface area contributed by atoms with Crippen molar-refractivity contribution in [2.24, 2.45) is 0 Å². The Morgan fingerprint density at radius 2 is 1.85 bits per heavy atom. The second-order valence-electron chi connectivity index (χ2n) is 6.63. The Kier molecular flexibility index (Phi) is 4.94. The van der Waals surface area contributed by atoms with Crippen molar-refractivity contribution in [1.82, 2.24) is 14.9 Å². The van der Waals surface area contributed by atoms with Crippen LogP contribution in [-0.4, -0.2) is 53.6 Å². The number of aromatic nitrogens is 2. The van der Waals surface area contributed by atoms with E-state index >= 15 is 0 Å². The van der Waals surface area contributed by atoms with Crippen LogP contribution in [0.5, 0.6) is 5.75 Å². The first-order chi connectivity index (χ1) is 13.1. The molecule has 0 unspecified atom stereocenters. The van der Waals surface area contributed by atoms with Gasteiger partial charge in [-0.25, -0.2) is 9.97 Å². The lowest BCUT2D eigenvalue weighted by Crippen LogP contribution is -2.50. The van der Waals surface area contributed by atoms with Crippen LogP contribution in [0.1, 0.15) is 10.4 Å². The Hall–Kier alpha value is -2.67. The second-order valence-corrected chi connectivity index (χ2v) is 7.83. The first kappa shape index (κ1) is 17.7. The largest absolute Gasteiger partial charge is 0.484 e. The molecular formula is C20H22N4O2S. The molecule has 140 valence electrons. The quantitative estimate of drug-likeness (QED) is 0.694. The lowest BCUT2D eigenvalue weighted by molar-refractivity contribution is -0.133. The molecule has 7 heteroatoms. The molecule has 1 aliphatic rings. The highest BCUT2D eigenvalue weighted by Gasteiger charge is 2.24. The standard InChI is InChI=1S/C20H22N4O2S/c1-14-15(2)27-20-18(14)19(21-13-22-20)24-10-8-23(9-11-24)17(25)12-26-16-6-4-3-5-7-16/h3-7,13H,8-12H2,1-2H3. The lowest BCUT2D eigenvalue weighted by Gasteiger charge is -2.35. The number of carbonyl (C=O) groups excluding carboxylic acids is 1. The van der Waals surface area contributed by atoms with E-state index in [4.69, 9.17) is 4.74 Å². The Labute approximate surface area is 162 Å². The molecule has 3 heterocycles. The smallest absolute Gasteiger partial charge is 0.260 e. The maximum atomic E-state index is 12.4. The molecule has 1 saturated heterocycles. The van der Waals surface area contributed by atoms with Crippen LogP contribution in [0.2, 0.25) is 0 Å². The number of anilines is 1. The van der Waals surface area contributed by atoms with Crippen LogP contribution in [0.15, 0.2) is 36.7 Å². The molecule has 27 heavy (non-hydrogen) atoms. The zero-order valence-electron chi connectivity index (χ0n) is 15.5. The molecule has 0 bridgehead atoms. The summed E-state index contributed by atoms with van der Waals surface area (Å²) in [7, 11) is 0. The zero-order chi connectivity index (χ0) is 18.8. The van der Waals surface area contributed by atoms with Crippen LogP contribution in [-0.2, 0) is 4.79 Å². The number of thiophene rings is 1. The van der Waals surface area contributed by atoms with E-state index < -0.39 is 0 Å². The first-order valence-corrected chi connectivity index (χ1v) is 9.86. The minimum atomic E-state index is 0.0221. The van der Waals surface area contributed by atoms with Gasteiger partial charge in [0, 0.05) is 31.1 Å². The number of para-hydroxylation sites is 1. The number of carbonyl (C=O) groups is 1. The molecule has 4 rings (SSSR count). The van der Waals surface area contributed by atoms with Gasteiger partial charge in [-0.15, -0.1) is 11.3 Å². The summed E-state index contributed by atoms with van der Waals surface area (Å²) in [6, 6.07) is 9.44. The van der Waals surface area contributed by atoms with E-state index in [1.807, 2.05) is 35.2 Å². The third kappa shape index (κ3) is 3.60. The van der Waals surface area contributed by atoms with Crippen LogP contribution in [0.25, 0.3) is 10.2 Å². The summed E-state index contributed by atoms with van der Waals surface area (Å²) in [5.74, 6) is 1.72. The number of rotatable bonds is 4. The third-order valence-electron chi connectivity index (χ3n) is 4.98. The minimum absolute atomic E-state index is 0.0221. The highest BCUT2D eigenvalue weighted by Crippen LogP contribution is 2.34. The fourth-order valence-corrected chi connectivity index (χ4v) is 4.32. The molecule has 0 radical (unpaired) electrons. The van der Waals surface area contributed by atoms with Gasteiger partial charge in [0.15, 0.2) is 6.61 Å². The molecule has 0 N–H and O–H groups in total. The number of amides is 1. The monoisotopic (exact) mass is 382 g/mol. The predicted octanol–water partition coefficient (Wildman–Crippen LogP) is 3.04. The molecule has 2 aromatic heterocycles. The summed E-state index contributed by atoms with van der Waals surface area (Å²) in [6.07, 6.45) is 1.64. The predicted molar refractivity (Wildman–Crippen MR) is 108 cm³/mol. The molecule has 1 fully saturated rings. The van der Waals surface area contributed by atoms with Crippen molar-refractivity contribution in [3.63, 3.8) is 0 Å². The van der Waals surface area contributed by atoms with E-state index in [0.717, 1.165) is 34.9 Å². The topological polar surface area (TPSA) is 58.6 Å². The number of fused-ring (bicyclic) bond motifs is 1. The average molecular weight is 382 g/mol. The fourth-order valence-electron chi connectivity index (χ4n) is 3.32. The Morgan fingerprint density at radius 1 is 1.11 bits per heavy atom. The van der Waals surface area contributed by atoms with Gasteiger partial charge in [0.2, 0.25) is 0 Å². The number of hydrogen-bond donors (Lipinski definition) is 0. The first-order valence-electron chi connectivity index (χ1n) is 9.05. The summed E-state index contributed by atoms with van der Waals surface area (Å²) in [5, 5.41) is 1.15. The van der Waals surface area contributed by atoms with Crippen LogP contribution in [0.3, 0.4) is 0 Å². The van der Waals surface area contributed by atoms with E-state index in [-0.39, 0.29) is 12.5 Å². The van der Waals surface area contributed by atoms with Crippen molar-refractivity contribution in [2.45, 2.75) is 13.8 Å². The molecule has 3 aromatic rings. The van der Waals surface area contributed by atoms with Gasteiger partial charge in [-0.2, -0.15) is 0 Å². The number of hydrogen-bond acceptors (Lipinski definition) is 6. The molecular weight excluding hydrogens is 360 g/mol. The van der Waals surface area contributed by atoms with Gasteiger partial charge in [0.1, 0.15) is 22.7 Å². The van der Waals surface area contributed by atoms with Crippen LogP contribution < -0.4 is 9.64 Å². The van der Waals surface area contributed by atoms with Crippen molar-refractivity contribution >= 4 is 33.3 Å². The summed E-state index contributed by atoms with van der Waals surface area (Å²) < 4.78 is 5.58. The van der Waals surface area contributed by atoms with E-state index in [9.17, 15) is 4.79 Å². The summed E-state index contributed by atoms with van der Waals surface area (Å²) in [4.78, 5) is 27.8. The number of aryl methyl sites for hydroxylation is 2. The maximum absolute atomic E-state index is 12.4. The van der Waals surface area contributed by atoms with Gasteiger partial charge in [-0.05, 0) is 31.5 Å². The minimum Gasteiger partial charge on any atom is -0.484 e. The summed E-state index contributed by atoms with van der Waals surface area (Å²) in [5.41, 5.74) is 1.25. The van der Waals surface area contributed by atoms with Crippen LogP contribution in [0, 0.1) is 13.8 Å². The molecule has 1 amide bonds. The highest BCUT2D eigenvalue weighted by atomic mass is 32.1. The van der Waals surface area contributed by atoms with Crippen LogP contribution >= 0.6 is 11.3 Å². The van der Waals surface area contributed by atoms with Gasteiger partial charge < -0.3 is 14.5 Å². The van der Waals surface area contributed by atoms with Gasteiger partial charge in [-0.3, -0.25) is 4.79 Å². The van der Waals surface area contributed by atoms with Gasteiger partial charge in [0.25, 0.3) is 5.91 Å². The Morgan fingerprint density at radius 3 is 2.59 bits per heavy atom. The maximum Gasteiger partial charge on any atom is 0.260 e. The lowest BCUT2D eigenvalue weighted by atomic mass is 10.2. The molecule has 0 atom stereocenters.